The highest BCUT2D eigenvalue weighted by atomic mass is 32.1. The first-order valence-corrected chi connectivity index (χ1v) is 8.35. The molecule has 7 heteroatoms. The van der Waals surface area contributed by atoms with E-state index in [1.807, 2.05) is 5.51 Å². The Morgan fingerprint density at radius 3 is 2.91 bits per heavy atom. The van der Waals surface area contributed by atoms with Gasteiger partial charge in [-0.05, 0) is 46.5 Å². The number of thiazole rings is 1. The second kappa shape index (κ2) is 6.64. The van der Waals surface area contributed by atoms with Crippen LogP contribution in [-0.2, 0) is 16.0 Å². The zero-order valence-corrected chi connectivity index (χ0v) is 14.0. The van der Waals surface area contributed by atoms with E-state index < -0.39 is 23.6 Å². The molecule has 0 aliphatic heterocycles. The normalized spacial score (nSPS) is 19.1. The van der Waals surface area contributed by atoms with Crippen LogP contribution in [0.25, 0.3) is 0 Å². The highest BCUT2D eigenvalue weighted by molar-refractivity contribution is 7.09. The van der Waals surface area contributed by atoms with Crippen molar-refractivity contribution in [3.63, 3.8) is 0 Å². The lowest BCUT2D eigenvalue weighted by molar-refractivity contribution is -0.120. The van der Waals surface area contributed by atoms with Crippen LogP contribution in [0.4, 0.5) is 4.79 Å². The maximum absolute atomic E-state index is 11.9. The maximum atomic E-state index is 11.9. The molecule has 1 aromatic heterocycles. The van der Waals surface area contributed by atoms with Crippen LogP contribution < -0.4 is 11.1 Å². The first-order valence-electron chi connectivity index (χ1n) is 7.47. The van der Waals surface area contributed by atoms with E-state index >= 15 is 0 Å². The summed E-state index contributed by atoms with van der Waals surface area (Å²) in [6.45, 7) is 5.32. The van der Waals surface area contributed by atoms with Crippen LogP contribution in [0.2, 0.25) is 0 Å². The first-order chi connectivity index (χ1) is 10.3. The molecule has 2 atom stereocenters. The van der Waals surface area contributed by atoms with Crippen molar-refractivity contribution in [3.05, 3.63) is 16.1 Å². The van der Waals surface area contributed by atoms with Gasteiger partial charge in [-0.3, -0.25) is 4.79 Å². The van der Waals surface area contributed by atoms with Gasteiger partial charge >= 0.3 is 6.09 Å². The number of carbonyl (C=O) groups excluding carboxylic acids is 2. The molecule has 0 saturated heterocycles. The van der Waals surface area contributed by atoms with Crippen LogP contribution >= 0.6 is 11.3 Å². The van der Waals surface area contributed by atoms with Gasteiger partial charge in [-0.25, -0.2) is 9.78 Å². The zero-order chi connectivity index (χ0) is 16.3. The molecular formula is C15H23N3O3S. The molecule has 6 nitrogen and oxygen atoms in total. The molecule has 3 N–H and O–H groups in total. The molecule has 2 rings (SSSR count). The third kappa shape index (κ3) is 4.43. The molecular weight excluding hydrogens is 302 g/mol. The number of alkyl carbamates (subject to hydrolysis) is 1. The summed E-state index contributed by atoms with van der Waals surface area (Å²) in [5, 5.41) is 2.58. The number of fused-ring (bicyclic) bond motifs is 1. The monoisotopic (exact) mass is 325 g/mol. The molecule has 2 unspecified atom stereocenters. The van der Waals surface area contributed by atoms with Gasteiger partial charge < -0.3 is 15.8 Å². The number of rotatable bonds is 4. The predicted octanol–water partition coefficient (Wildman–Crippen LogP) is 2.33. The van der Waals surface area contributed by atoms with Gasteiger partial charge in [0, 0.05) is 10.8 Å². The summed E-state index contributed by atoms with van der Waals surface area (Å²) in [5.41, 5.74) is 7.71. The number of ether oxygens (including phenoxy) is 1. The number of aromatic nitrogens is 1. The van der Waals surface area contributed by atoms with E-state index in [1.54, 1.807) is 32.1 Å². The molecule has 2 amide bonds. The van der Waals surface area contributed by atoms with Gasteiger partial charge in [-0.2, -0.15) is 0 Å². The Labute approximate surface area is 134 Å². The minimum Gasteiger partial charge on any atom is -0.444 e. The van der Waals surface area contributed by atoms with E-state index in [1.165, 1.54) is 4.88 Å². The Morgan fingerprint density at radius 1 is 1.55 bits per heavy atom. The molecule has 0 spiro atoms. The molecule has 1 heterocycles. The SMILES string of the molecule is CC(C)(C)OC(=O)NC(CC1CCCc2scnc21)C(N)=O. The molecule has 1 aliphatic carbocycles. The van der Waals surface area contributed by atoms with Crippen LogP contribution in [0.5, 0.6) is 0 Å². The standard InChI is InChI=1S/C15H23N3O3S/c1-15(2,3)21-14(20)18-10(13(16)19)7-9-5-4-6-11-12(9)17-8-22-11/h8-10H,4-7H2,1-3H3,(H2,16,19)(H,18,20). The number of nitrogens with one attached hydrogen (secondary N) is 1. The number of hydrogen-bond acceptors (Lipinski definition) is 5. The van der Waals surface area contributed by atoms with E-state index in [4.69, 9.17) is 10.5 Å². The number of amides is 2. The van der Waals surface area contributed by atoms with Gasteiger partial charge in [0.2, 0.25) is 5.91 Å². The quantitative estimate of drug-likeness (QED) is 0.888. The lowest BCUT2D eigenvalue weighted by atomic mass is 9.86. The van der Waals surface area contributed by atoms with Gasteiger partial charge in [-0.1, -0.05) is 0 Å². The number of hydrogen-bond donors (Lipinski definition) is 2. The van der Waals surface area contributed by atoms with Crippen molar-refractivity contribution < 1.29 is 14.3 Å². The number of carbonyl (C=O) groups is 2. The van der Waals surface area contributed by atoms with Crippen LogP contribution in [0, 0.1) is 0 Å². The van der Waals surface area contributed by atoms with Crippen molar-refractivity contribution in [2.45, 2.75) is 64.0 Å². The van der Waals surface area contributed by atoms with E-state index in [-0.39, 0.29) is 5.92 Å². The van der Waals surface area contributed by atoms with Crippen molar-refractivity contribution in [3.8, 4) is 0 Å². The third-order valence-electron chi connectivity index (χ3n) is 3.57. The Bertz CT molecular complexity index is 550. The maximum Gasteiger partial charge on any atom is 0.408 e. The van der Waals surface area contributed by atoms with Gasteiger partial charge in [-0.15, -0.1) is 11.3 Å². The number of primary amides is 1. The van der Waals surface area contributed by atoms with Crippen molar-refractivity contribution in [1.82, 2.24) is 10.3 Å². The van der Waals surface area contributed by atoms with E-state index in [0.29, 0.717) is 6.42 Å². The summed E-state index contributed by atoms with van der Waals surface area (Å²) < 4.78 is 5.19. The van der Waals surface area contributed by atoms with Crippen molar-refractivity contribution in [2.24, 2.45) is 5.73 Å². The van der Waals surface area contributed by atoms with Gasteiger partial charge in [0.1, 0.15) is 11.6 Å². The predicted molar refractivity (Wildman–Crippen MR) is 84.8 cm³/mol. The third-order valence-corrected chi connectivity index (χ3v) is 4.48. The summed E-state index contributed by atoms with van der Waals surface area (Å²) in [5.74, 6) is -0.393. The first kappa shape index (κ1) is 16.7. The van der Waals surface area contributed by atoms with Crippen LogP contribution in [0.15, 0.2) is 5.51 Å². The molecule has 0 aromatic carbocycles. The van der Waals surface area contributed by atoms with Gasteiger partial charge in [0.15, 0.2) is 0 Å². The summed E-state index contributed by atoms with van der Waals surface area (Å²) in [6, 6.07) is -0.743. The number of aryl methyl sites for hydroxylation is 1. The fourth-order valence-corrected chi connectivity index (χ4v) is 3.55. The molecule has 122 valence electrons. The highest BCUT2D eigenvalue weighted by Gasteiger charge is 2.30. The second-order valence-corrected chi connectivity index (χ2v) is 7.53. The largest absolute Gasteiger partial charge is 0.444 e. The topological polar surface area (TPSA) is 94.3 Å². The summed E-state index contributed by atoms with van der Waals surface area (Å²) >= 11 is 1.65. The summed E-state index contributed by atoms with van der Waals surface area (Å²) in [6.07, 6.45) is 2.90. The zero-order valence-electron chi connectivity index (χ0n) is 13.2. The number of nitrogens with zero attached hydrogens (tertiary/aromatic N) is 1. The van der Waals surface area contributed by atoms with Crippen LogP contribution in [0.1, 0.15) is 56.5 Å². The van der Waals surface area contributed by atoms with Crippen molar-refractivity contribution >= 4 is 23.3 Å². The molecule has 1 aromatic rings. The molecule has 1 aliphatic rings. The van der Waals surface area contributed by atoms with Crippen LogP contribution in [0.3, 0.4) is 0 Å². The fraction of sp³-hybridized carbons (Fsp3) is 0.667. The average molecular weight is 325 g/mol. The summed E-state index contributed by atoms with van der Waals surface area (Å²) in [7, 11) is 0. The Balaban J connectivity index is 2.02. The number of nitrogens with two attached hydrogens (primary N) is 1. The molecule has 22 heavy (non-hydrogen) atoms. The van der Waals surface area contributed by atoms with Gasteiger partial charge in [0.05, 0.1) is 11.2 Å². The van der Waals surface area contributed by atoms with Crippen molar-refractivity contribution in [2.75, 3.05) is 0 Å². The Kier molecular flexibility index (Phi) is 5.05. The molecule has 0 radical (unpaired) electrons. The average Bonchev–Trinajstić information content (AvgIpc) is 2.84. The fourth-order valence-electron chi connectivity index (χ4n) is 2.65. The van der Waals surface area contributed by atoms with E-state index in [2.05, 4.69) is 10.3 Å². The summed E-state index contributed by atoms with van der Waals surface area (Å²) in [4.78, 5) is 29.2. The minimum absolute atomic E-state index is 0.155. The van der Waals surface area contributed by atoms with Crippen LogP contribution in [-0.4, -0.2) is 28.6 Å². The Hall–Kier alpha value is -1.63. The minimum atomic E-state index is -0.743. The van der Waals surface area contributed by atoms with Gasteiger partial charge in [0.25, 0.3) is 0 Å². The molecule has 0 fully saturated rings. The van der Waals surface area contributed by atoms with E-state index in [9.17, 15) is 9.59 Å². The van der Waals surface area contributed by atoms with E-state index in [0.717, 1.165) is 25.0 Å². The Morgan fingerprint density at radius 2 is 2.27 bits per heavy atom. The second-order valence-electron chi connectivity index (χ2n) is 6.59. The highest BCUT2D eigenvalue weighted by Crippen LogP contribution is 2.35. The lowest BCUT2D eigenvalue weighted by Crippen LogP contribution is -2.47. The smallest absolute Gasteiger partial charge is 0.408 e. The molecule has 0 saturated carbocycles. The van der Waals surface area contributed by atoms with Crippen molar-refractivity contribution in [1.29, 1.82) is 0 Å². The molecule has 0 bridgehead atoms. The lowest BCUT2D eigenvalue weighted by Gasteiger charge is -2.26.